The van der Waals surface area contributed by atoms with Crippen molar-refractivity contribution in [1.29, 1.82) is 5.26 Å². The van der Waals surface area contributed by atoms with Crippen LogP contribution in [0.2, 0.25) is 5.02 Å². The summed E-state index contributed by atoms with van der Waals surface area (Å²) in [5.41, 5.74) is 0.702. The summed E-state index contributed by atoms with van der Waals surface area (Å²) >= 11 is 9.11. The molecule has 0 radical (unpaired) electrons. The third-order valence-electron chi connectivity index (χ3n) is 2.27. The molecule has 80 valence electrons. The number of halogens is 2. The van der Waals surface area contributed by atoms with Gasteiger partial charge in [-0.15, -0.1) is 0 Å². The van der Waals surface area contributed by atoms with E-state index >= 15 is 0 Å². The summed E-state index contributed by atoms with van der Waals surface area (Å²) in [7, 11) is 0. The molecule has 0 aliphatic heterocycles. The van der Waals surface area contributed by atoms with Crippen LogP contribution in [0.3, 0.4) is 0 Å². The van der Waals surface area contributed by atoms with Crippen LogP contribution >= 0.6 is 27.5 Å². The highest BCUT2D eigenvalue weighted by molar-refractivity contribution is 9.10. The third kappa shape index (κ3) is 2.94. The van der Waals surface area contributed by atoms with E-state index in [1.807, 2.05) is 6.92 Å². The predicted octanol–water partition coefficient (Wildman–Crippen LogP) is 3.69. The normalized spacial score (nSPS) is 14.3. The molecule has 1 aromatic carbocycles. The van der Waals surface area contributed by atoms with Crippen molar-refractivity contribution in [1.82, 2.24) is 0 Å². The molecule has 2 nitrogen and oxygen atoms in total. The molecule has 0 spiro atoms. The van der Waals surface area contributed by atoms with Crippen molar-refractivity contribution in [2.45, 2.75) is 19.4 Å². The maximum absolute atomic E-state index is 9.96. The van der Waals surface area contributed by atoms with Gasteiger partial charge in [0.2, 0.25) is 0 Å². The van der Waals surface area contributed by atoms with Gasteiger partial charge in [0.1, 0.15) is 0 Å². The van der Waals surface area contributed by atoms with Crippen LogP contribution in [-0.2, 0) is 0 Å². The number of hydrogen-bond acceptors (Lipinski definition) is 2. The molecule has 0 bridgehead atoms. The van der Waals surface area contributed by atoms with E-state index in [1.54, 1.807) is 18.2 Å². The molecule has 0 heterocycles. The summed E-state index contributed by atoms with van der Waals surface area (Å²) in [4.78, 5) is 0. The van der Waals surface area contributed by atoms with Crippen molar-refractivity contribution in [3.8, 4) is 6.07 Å². The van der Waals surface area contributed by atoms with Crippen molar-refractivity contribution in [2.75, 3.05) is 0 Å². The molecule has 0 fully saturated rings. The van der Waals surface area contributed by atoms with Gasteiger partial charge in [0, 0.05) is 9.50 Å². The van der Waals surface area contributed by atoms with Gasteiger partial charge in [0.25, 0.3) is 0 Å². The van der Waals surface area contributed by atoms with Crippen molar-refractivity contribution < 1.29 is 5.11 Å². The minimum atomic E-state index is -0.772. The average Bonchev–Trinajstić information content (AvgIpc) is 2.19. The lowest BCUT2D eigenvalue weighted by Gasteiger charge is -2.16. The van der Waals surface area contributed by atoms with Crippen molar-refractivity contribution >= 4 is 27.5 Å². The highest BCUT2D eigenvalue weighted by atomic mass is 79.9. The van der Waals surface area contributed by atoms with E-state index in [-0.39, 0.29) is 5.92 Å². The highest BCUT2D eigenvalue weighted by Gasteiger charge is 2.20. The molecule has 1 rings (SSSR count). The Morgan fingerprint density at radius 1 is 1.60 bits per heavy atom. The Balaban J connectivity index is 3.01. The summed E-state index contributed by atoms with van der Waals surface area (Å²) in [6, 6.07) is 7.24. The molecule has 0 aromatic heterocycles. The Morgan fingerprint density at radius 2 is 2.27 bits per heavy atom. The van der Waals surface area contributed by atoms with Gasteiger partial charge in [0.15, 0.2) is 0 Å². The van der Waals surface area contributed by atoms with Gasteiger partial charge in [-0.3, -0.25) is 0 Å². The minimum Gasteiger partial charge on any atom is -0.387 e. The van der Waals surface area contributed by atoms with Crippen molar-refractivity contribution in [3.63, 3.8) is 0 Å². The Labute approximate surface area is 103 Å². The number of aliphatic hydroxyl groups is 1. The number of nitrogens with zero attached hydrogens (tertiary/aromatic N) is 1. The predicted molar refractivity (Wildman–Crippen MR) is 63.5 cm³/mol. The van der Waals surface area contributed by atoms with Crippen LogP contribution < -0.4 is 0 Å². The number of rotatable bonds is 3. The van der Waals surface area contributed by atoms with Gasteiger partial charge < -0.3 is 5.11 Å². The maximum Gasteiger partial charge on any atom is 0.0958 e. The molecule has 1 N–H and O–H groups in total. The van der Waals surface area contributed by atoms with Crippen LogP contribution in [-0.4, -0.2) is 5.11 Å². The van der Waals surface area contributed by atoms with Gasteiger partial charge >= 0.3 is 0 Å². The monoisotopic (exact) mass is 287 g/mol. The van der Waals surface area contributed by atoms with Crippen LogP contribution in [0.4, 0.5) is 0 Å². The molecule has 0 amide bonds. The second-order valence-electron chi connectivity index (χ2n) is 3.25. The number of nitriles is 1. The number of benzene rings is 1. The summed E-state index contributed by atoms with van der Waals surface area (Å²) in [5, 5.41) is 19.4. The van der Waals surface area contributed by atoms with Crippen molar-refractivity contribution in [3.05, 3.63) is 33.3 Å². The summed E-state index contributed by atoms with van der Waals surface area (Å²) in [5.74, 6) is -0.387. The van der Waals surface area contributed by atoms with Crippen LogP contribution in [0, 0.1) is 17.2 Å². The lowest BCUT2D eigenvalue weighted by Crippen LogP contribution is -2.10. The smallest absolute Gasteiger partial charge is 0.0958 e. The van der Waals surface area contributed by atoms with Gasteiger partial charge in [0.05, 0.1) is 18.1 Å². The first-order valence-corrected chi connectivity index (χ1v) is 5.79. The molecule has 0 aliphatic rings. The summed E-state index contributed by atoms with van der Waals surface area (Å²) in [6.45, 7) is 1.88. The molecule has 4 heteroatoms. The van der Waals surface area contributed by atoms with Crippen LogP contribution in [0.25, 0.3) is 0 Å². The second-order valence-corrected chi connectivity index (χ2v) is 4.55. The van der Waals surface area contributed by atoms with Gasteiger partial charge in [-0.2, -0.15) is 5.26 Å². The first-order chi connectivity index (χ1) is 7.10. The zero-order chi connectivity index (χ0) is 11.4. The van der Waals surface area contributed by atoms with Crippen LogP contribution in [0.15, 0.2) is 22.7 Å². The van der Waals surface area contributed by atoms with E-state index in [0.29, 0.717) is 17.0 Å². The first kappa shape index (κ1) is 12.5. The van der Waals surface area contributed by atoms with E-state index in [4.69, 9.17) is 16.9 Å². The molecule has 0 aliphatic carbocycles. The van der Waals surface area contributed by atoms with Crippen LogP contribution in [0.1, 0.15) is 25.0 Å². The molecule has 2 unspecified atom stereocenters. The third-order valence-corrected chi connectivity index (χ3v) is 3.19. The van der Waals surface area contributed by atoms with Crippen molar-refractivity contribution in [2.24, 2.45) is 5.92 Å². The fourth-order valence-corrected chi connectivity index (χ4v) is 2.26. The second kappa shape index (κ2) is 5.50. The molecule has 15 heavy (non-hydrogen) atoms. The maximum atomic E-state index is 9.96. The van der Waals surface area contributed by atoms with Gasteiger partial charge in [-0.05, 0) is 24.1 Å². The average molecular weight is 289 g/mol. The van der Waals surface area contributed by atoms with E-state index < -0.39 is 6.10 Å². The molecule has 0 saturated heterocycles. The zero-order valence-corrected chi connectivity index (χ0v) is 10.6. The quantitative estimate of drug-likeness (QED) is 0.922. The largest absolute Gasteiger partial charge is 0.387 e. The van der Waals surface area contributed by atoms with E-state index in [9.17, 15) is 5.11 Å². The van der Waals surface area contributed by atoms with E-state index in [1.165, 1.54) is 0 Å². The molecular weight excluding hydrogens is 277 g/mol. The zero-order valence-electron chi connectivity index (χ0n) is 8.24. The Kier molecular flexibility index (Phi) is 4.59. The van der Waals surface area contributed by atoms with E-state index in [0.717, 1.165) is 4.47 Å². The van der Waals surface area contributed by atoms with E-state index in [2.05, 4.69) is 22.0 Å². The van der Waals surface area contributed by atoms with Crippen LogP contribution in [0.5, 0.6) is 0 Å². The number of hydrogen-bond donors (Lipinski definition) is 1. The molecule has 1 aromatic rings. The minimum absolute atomic E-state index is 0.387. The fraction of sp³-hybridized carbons (Fsp3) is 0.364. The lowest BCUT2D eigenvalue weighted by atomic mass is 9.95. The molecular formula is C11H11BrClNO. The Hall–Kier alpha value is -0.560. The Morgan fingerprint density at radius 3 is 2.73 bits per heavy atom. The van der Waals surface area contributed by atoms with Gasteiger partial charge in [-0.25, -0.2) is 0 Å². The fourth-order valence-electron chi connectivity index (χ4n) is 1.34. The van der Waals surface area contributed by atoms with Gasteiger partial charge in [-0.1, -0.05) is 40.5 Å². The SMILES string of the molecule is CCC(C#N)C(O)c1ccc(Cl)cc1Br. The summed E-state index contributed by atoms with van der Waals surface area (Å²) < 4.78 is 0.733. The highest BCUT2D eigenvalue weighted by Crippen LogP contribution is 2.31. The summed E-state index contributed by atoms with van der Waals surface area (Å²) in [6.07, 6.45) is -0.154. The lowest BCUT2D eigenvalue weighted by molar-refractivity contribution is 0.132. The standard InChI is InChI=1S/C11H11BrClNO/c1-2-7(6-14)11(15)9-4-3-8(13)5-10(9)12/h3-5,7,11,15H,2H2,1H3. The number of aliphatic hydroxyl groups excluding tert-OH is 1. The Bertz CT molecular complexity index is 389. The first-order valence-electron chi connectivity index (χ1n) is 4.62. The molecule has 2 atom stereocenters. The topological polar surface area (TPSA) is 44.0 Å². The molecule has 0 saturated carbocycles.